The summed E-state index contributed by atoms with van der Waals surface area (Å²) in [7, 11) is 0. The van der Waals surface area contributed by atoms with E-state index in [1.807, 2.05) is 18.2 Å². The highest BCUT2D eigenvalue weighted by molar-refractivity contribution is 5.92. The number of benzene rings is 1. The van der Waals surface area contributed by atoms with E-state index in [0.29, 0.717) is 38.0 Å². The van der Waals surface area contributed by atoms with Gasteiger partial charge in [-0.1, -0.05) is 19.3 Å². The van der Waals surface area contributed by atoms with E-state index in [9.17, 15) is 4.79 Å². The number of guanidine groups is 1. The van der Waals surface area contributed by atoms with Crippen molar-refractivity contribution in [1.82, 2.24) is 5.32 Å². The highest BCUT2D eigenvalue weighted by Gasteiger charge is 2.15. The molecule has 1 aromatic rings. The summed E-state index contributed by atoms with van der Waals surface area (Å²) in [6, 6.07) is 5.90. The number of hydrogen-bond acceptors (Lipinski definition) is 4. The molecule has 1 heterocycles. The van der Waals surface area contributed by atoms with Gasteiger partial charge in [0.15, 0.2) is 17.5 Å². The number of carbonyl (C=O) groups excluding carboxylic acids is 1. The molecule has 1 aliphatic heterocycles. The smallest absolute Gasteiger partial charge is 0.222 e. The van der Waals surface area contributed by atoms with Gasteiger partial charge in [0, 0.05) is 30.6 Å². The van der Waals surface area contributed by atoms with Crippen molar-refractivity contribution in [1.29, 1.82) is 0 Å². The molecule has 1 amide bonds. The summed E-state index contributed by atoms with van der Waals surface area (Å²) in [5, 5.41) is 6.11. The van der Waals surface area contributed by atoms with Crippen molar-refractivity contribution in [3.05, 3.63) is 18.2 Å². The Morgan fingerprint density at radius 3 is 2.69 bits per heavy atom. The minimum absolute atomic E-state index is 0.0454. The lowest BCUT2D eigenvalue weighted by Gasteiger charge is -2.22. The predicted molar refractivity (Wildman–Crippen MR) is 102 cm³/mol. The molecule has 0 aromatic heterocycles. The maximum atomic E-state index is 12.0. The van der Waals surface area contributed by atoms with Crippen molar-refractivity contribution < 1.29 is 14.3 Å². The minimum atomic E-state index is 0.0454. The Labute approximate surface area is 154 Å². The molecule has 1 saturated carbocycles. The predicted octanol–water partition coefficient (Wildman–Crippen LogP) is 2.41. The number of amides is 1. The van der Waals surface area contributed by atoms with Gasteiger partial charge in [0.05, 0.1) is 19.8 Å². The van der Waals surface area contributed by atoms with Crippen LogP contribution >= 0.6 is 0 Å². The Morgan fingerprint density at radius 1 is 1.12 bits per heavy atom. The lowest BCUT2D eigenvalue weighted by Crippen LogP contribution is -2.36. The van der Waals surface area contributed by atoms with Gasteiger partial charge in [-0.3, -0.25) is 9.79 Å². The van der Waals surface area contributed by atoms with Gasteiger partial charge in [0.2, 0.25) is 5.91 Å². The Bertz CT molecular complexity index is 642. The van der Waals surface area contributed by atoms with Crippen molar-refractivity contribution in [2.45, 2.75) is 51.0 Å². The Kier molecular flexibility index (Phi) is 6.57. The molecule has 0 saturated heterocycles. The standard InChI is InChI=1S/C19H28N4O3/c20-19(21-10-9-18(24)22-14-5-2-1-3-6-14)23-15-7-8-16-17(13-15)26-12-4-11-25-16/h7-8,13-14H,1-6,9-12H2,(H,22,24)(H3,20,21,23). The van der Waals surface area contributed by atoms with Gasteiger partial charge in [-0.25, -0.2) is 0 Å². The molecule has 142 valence electrons. The number of carbonyl (C=O) groups is 1. The maximum absolute atomic E-state index is 12.0. The van der Waals surface area contributed by atoms with E-state index >= 15 is 0 Å². The summed E-state index contributed by atoms with van der Waals surface area (Å²) in [4.78, 5) is 16.2. The summed E-state index contributed by atoms with van der Waals surface area (Å²) < 4.78 is 11.3. The van der Waals surface area contributed by atoms with Gasteiger partial charge >= 0.3 is 0 Å². The topological polar surface area (TPSA) is 98.0 Å². The third kappa shape index (κ3) is 5.54. The number of ether oxygens (including phenoxy) is 2. The summed E-state index contributed by atoms with van der Waals surface area (Å²) in [5.74, 6) is 1.77. The van der Waals surface area contributed by atoms with Gasteiger partial charge in [0.25, 0.3) is 0 Å². The molecule has 2 aliphatic rings. The fourth-order valence-corrected chi connectivity index (χ4v) is 3.25. The van der Waals surface area contributed by atoms with Crippen LogP contribution in [0.1, 0.15) is 44.9 Å². The van der Waals surface area contributed by atoms with Crippen LogP contribution in [-0.2, 0) is 4.79 Å². The number of fused-ring (bicyclic) bond motifs is 1. The number of aliphatic imine (C=N–C) groups is 1. The largest absolute Gasteiger partial charge is 0.490 e. The van der Waals surface area contributed by atoms with E-state index in [1.165, 1.54) is 19.3 Å². The third-order valence-corrected chi connectivity index (χ3v) is 4.61. The van der Waals surface area contributed by atoms with Crippen molar-refractivity contribution >= 4 is 17.6 Å². The SMILES string of the molecule is NC(=NCCC(=O)NC1CCCCC1)Nc1ccc2c(c1)OCCCO2. The first-order chi connectivity index (χ1) is 12.7. The first-order valence-electron chi connectivity index (χ1n) is 9.46. The van der Waals surface area contributed by atoms with Crippen LogP contribution in [-0.4, -0.2) is 37.7 Å². The Hall–Kier alpha value is -2.44. The van der Waals surface area contributed by atoms with E-state index in [4.69, 9.17) is 15.2 Å². The van der Waals surface area contributed by atoms with E-state index in [2.05, 4.69) is 15.6 Å². The maximum Gasteiger partial charge on any atom is 0.222 e. The van der Waals surface area contributed by atoms with Crippen LogP contribution in [0.15, 0.2) is 23.2 Å². The highest BCUT2D eigenvalue weighted by atomic mass is 16.5. The lowest BCUT2D eigenvalue weighted by atomic mass is 9.95. The summed E-state index contributed by atoms with van der Waals surface area (Å²) in [6.45, 7) is 1.66. The van der Waals surface area contributed by atoms with Gasteiger partial charge in [-0.05, 0) is 25.0 Å². The van der Waals surface area contributed by atoms with Crippen molar-refractivity contribution in [2.75, 3.05) is 25.1 Å². The van der Waals surface area contributed by atoms with Gasteiger partial charge in [-0.15, -0.1) is 0 Å². The second kappa shape index (κ2) is 9.31. The molecule has 26 heavy (non-hydrogen) atoms. The number of nitrogens with two attached hydrogens (primary N) is 1. The fourth-order valence-electron chi connectivity index (χ4n) is 3.25. The number of rotatable bonds is 5. The number of nitrogens with zero attached hydrogens (tertiary/aromatic N) is 1. The van der Waals surface area contributed by atoms with E-state index < -0.39 is 0 Å². The second-order valence-corrected chi connectivity index (χ2v) is 6.76. The first kappa shape index (κ1) is 18.4. The van der Waals surface area contributed by atoms with E-state index in [-0.39, 0.29) is 11.9 Å². The monoisotopic (exact) mass is 360 g/mol. The molecule has 0 atom stereocenters. The lowest BCUT2D eigenvalue weighted by molar-refractivity contribution is -0.121. The Morgan fingerprint density at radius 2 is 1.88 bits per heavy atom. The highest BCUT2D eigenvalue weighted by Crippen LogP contribution is 2.32. The molecule has 4 N–H and O–H groups in total. The molecule has 7 heteroatoms. The summed E-state index contributed by atoms with van der Waals surface area (Å²) in [6.07, 6.45) is 7.07. The quantitative estimate of drug-likeness (QED) is 0.553. The van der Waals surface area contributed by atoms with Crippen LogP contribution in [0.2, 0.25) is 0 Å². The zero-order valence-electron chi connectivity index (χ0n) is 15.1. The van der Waals surface area contributed by atoms with Crippen LogP contribution in [0, 0.1) is 0 Å². The molecule has 0 radical (unpaired) electrons. The van der Waals surface area contributed by atoms with Crippen LogP contribution in [0.25, 0.3) is 0 Å². The number of nitrogens with one attached hydrogen (secondary N) is 2. The van der Waals surface area contributed by atoms with E-state index in [0.717, 1.165) is 30.7 Å². The third-order valence-electron chi connectivity index (χ3n) is 4.61. The van der Waals surface area contributed by atoms with Gasteiger partial charge < -0.3 is 25.8 Å². The summed E-state index contributed by atoms with van der Waals surface area (Å²) in [5.41, 5.74) is 6.70. The molecule has 7 nitrogen and oxygen atoms in total. The molecular formula is C19H28N4O3. The molecule has 1 aliphatic carbocycles. The molecule has 0 unspecified atom stereocenters. The zero-order valence-corrected chi connectivity index (χ0v) is 15.1. The van der Waals surface area contributed by atoms with Crippen LogP contribution < -0.4 is 25.8 Å². The summed E-state index contributed by atoms with van der Waals surface area (Å²) >= 11 is 0. The number of hydrogen-bond donors (Lipinski definition) is 3. The fraction of sp³-hybridized carbons (Fsp3) is 0.579. The van der Waals surface area contributed by atoms with Gasteiger partial charge in [-0.2, -0.15) is 0 Å². The molecule has 0 spiro atoms. The second-order valence-electron chi connectivity index (χ2n) is 6.76. The molecule has 0 bridgehead atoms. The molecule has 1 fully saturated rings. The van der Waals surface area contributed by atoms with Crippen molar-refractivity contribution in [2.24, 2.45) is 10.7 Å². The van der Waals surface area contributed by atoms with Crippen molar-refractivity contribution in [3.8, 4) is 11.5 Å². The first-order valence-corrected chi connectivity index (χ1v) is 9.46. The minimum Gasteiger partial charge on any atom is -0.490 e. The van der Waals surface area contributed by atoms with Crippen LogP contribution in [0.3, 0.4) is 0 Å². The van der Waals surface area contributed by atoms with Crippen LogP contribution in [0.5, 0.6) is 11.5 Å². The zero-order chi connectivity index (χ0) is 18.2. The normalized spacial score (nSPS) is 18.1. The molecule has 1 aromatic carbocycles. The Balaban J connectivity index is 1.44. The van der Waals surface area contributed by atoms with Crippen molar-refractivity contribution in [3.63, 3.8) is 0 Å². The van der Waals surface area contributed by atoms with Crippen LogP contribution in [0.4, 0.5) is 5.69 Å². The van der Waals surface area contributed by atoms with E-state index in [1.54, 1.807) is 0 Å². The van der Waals surface area contributed by atoms with Gasteiger partial charge in [0.1, 0.15) is 0 Å². The molecule has 3 rings (SSSR count). The average Bonchev–Trinajstić information content (AvgIpc) is 2.87. The number of anilines is 1. The average molecular weight is 360 g/mol. The molecular weight excluding hydrogens is 332 g/mol.